The van der Waals surface area contributed by atoms with Crippen LogP contribution in [0.4, 0.5) is 13.2 Å². The molecular weight excluding hydrogens is 245 g/mol. The number of nitrogens with zero attached hydrogens (tertiary/aromatic N) is 2. The van der Waals surface area contributed by atoms with E-state index >= 15 is 0 Å². The van der Waals surface area contributed by atoms with Gasteiger partial charge < -0.3 is 0 Å². The van der Waals surface area contributed by atoms with Crippen LogP contribution in [0.5, 0.6) is 0 Å². The summed E-state index contributed by atoms with van der Waals surface area (Å²) in [6.07, 6.45) is -2.23. The summed E-state index contributed by atoms with van der Waals surface area (Å²) in [6.45, 7) is 0. The molecule has 1 heterocycles. The van der Waals surface area contributed by atoms with Crippen LogP contribution in [0, 0.1) is 0 Å². The summed E-state index contributed by atoms with van der Waals surface area (Å²) in [5.74, 6) is 0. The minimum Gasteiger partial charge on any atom is -0.298 e. The highest BCUT2D eigenvalue weighted by Gasteiger charge is 2.30. The van der Waals surface area contributed by atoms with Gasteiger partial charge in [0.05, 0.1) is 11.1 Å². The van der Waals surface area contributed by atoms with Crippen molar-refractivity contribution in [1.29, 1.82) is 0 Å². The third-order valence-corrected chi connectivity index (χ3v) is 2.47. The second kappa shape index (κ2) is 4.29. The normalized spacial score (nSPS) is 11.6. The van der Waals surface area contributed by atoms with Gasteiger partial charge in [0.1, 0.15) is 5.69 Å². The Morgan fingerprint density at radius 1 is 1.22 bits per heavy atom. The lowest BCUT2D eigenvalue weighted by atomic mass is 10.1. The second-order valence-corrected chi connectivity index (χ2v) is 3.80. The molecule has 0 spiro atoms. The smallest absolute Gasteiger partial charge is 0.298 e. The van der Waals surface area contributed by atoms with Crippen molar-refractivity contribution < 1.29 is 18.0 Å². The SMILES string of the molecule is Cn1cc(C=O)c(-c2ccc(C(F)(F)F)cc2)n1. The lowest BCUT2D eigenvalue weighted by Gasteiger charge is -2.06. The van der Waals surface area contributed by atoms with Crippen LogP contribution in [-0.4, -0.2) is 16.1 Å². The van der Waals surface area contributed by atoms with Crippen molar-refractivity contribution in [3.05, 3.63) is 41.6 Å². The molecular formula is C12H9F3N2O. The van der Waals surface area contributed by atoms with Crippen LogP contribution in [0.25, 0.3) is 11.3 Å². The summed E-state index contributed by atoms with van der Waals surface area (Å²) in [5.41, 5.74) is 0.471. The fraction of sp³-hybridized carbons (Fsp3) is 0.167. The third kappa shape index (κ3) is 2.27. The first kappa shape index (κ1) is 12.3. The summed E-state index contributed by atoms with van der Waals surface area (Å²) in [6, 6.07) is 4.55. The van der Waals surface area contributed by atoms with Gasteiger partial charge in [0, 0.05) is 18.8 Å². The number of rotatable bonds is 2. The van der Waals surface area contributed by atoms with Crippen molar-refractivity contribution in [3.8, 4) is 11.3 Å². The Hall–Kier alpha value is -2.11. The number of hydrogen-bond acceptors (Lipinski definition) is 2. The maximum atomic E-state index is 12.4. The van der Waals surface area contributed by atoms with Crippen molar-refractivity contribution in [2.75, 3.05) is 0 Å². The average Bonchev–Trinajstić information content (AvgIpc) is 2.69. The lowest BCUT2D eigenvalue weighted by Crippen LogP contribution is -2.04. The van der Waals surface area contributed by atoms with E-state index in [1.807, 2.05) is 0 Å². The van der Waals surface area contributed by atoms with E-state index in [1.165, 1.54) is 23.0 Å². The van der Waals surface area contributed by atoms with Gasteiger partial charge in [-0.25, -0.2) is 0 Å². The zero-order chi connectivity index (χ0) is 13.3. The van der Waals surface area contributed by atoms with Gasteiger partial charge in [-0.1, -0.05) is 12.1 Å². The second-order valence-electron chi connectivity index (χ2n) is 3.80. The maximum absolute atomic E-state index is 12.4. The highest BCUT2D eigenvalue weighted by Crippen LogP contribution is 2.31. The zero-order valence-electron chi connectivity index (χ0n) is 9.40. The number of benzene rings is 1. The summed E-state index contributed by atoms with van der Waals surface area (Å²) in [4.78, 5) is 10.8. The lowest BCUT2D eigenvalue weighted by molar-refractivity contribution is -0.137. The van der Waals surface area contributed by atoms with E-state index in [0.717, 1.165) is 12.1 Å². The predicted molar refractivity (Wildman–Crippen MR) is 59.0 cm³/mol. The van der Waals surface area contributed by atoms with Gasteiger partial charge in [-0.05, 0) is 12.1 Å². The first-order valence-electron chi connectivity index (χ1n) is 5.08. The van der Waals surface area contributed by atoms with E-state index in [0.29, 0.717) is 23.1 Å². The molecule has 2 rings (SSSR count). The number of carbonyl (C=O) groups is 1. The number of aldehydes is 1. The van der Waals surface area contributed by atoms with Gasteiger partial charge in [-0.15, -0.1) is 0 Å². The van der Waals surface area contributed by atoms with E-state index < -0.39 is 11.7 Å². The Labute approximate surface area is 101 Å². The number of alkyl halides is 3. The fourth-order valence-electron chi connectivity index (χ4n) is 1.63. The maximum Gasteiger partial charge on any atom is 0.416 e. The van der Waals surface area contributed by atoms with E-state index in [2.05, 4.69) is 5.10 Å². The number of aryl methyl sites for hydroxylation is 1. The molecule has 0 aliphatic heterocycles. The molecule has 1 aromatic heterocycles. The highest BCUT2D eigenvalue weighted by atomic mass is 19.4. The molecule has 2 aromatic rings. The molecule has 0 unspecified atom stereocenters. The molecule has 0 atom stereocenters. The van der Waals surface area contributed by atoms with E-state index in [-0.39, 0.29) is 0 Å². The van der Waals surface area contributed by atoms with Crippen LogP contribution < -0.4 is 0 Å². The molecule has 0 amide bonds. The molecule has 94 valence electrons. The van der Waals surface area contributed by atoms with Crippen LogP contribution in [0.2, 0.25) is 0 Å². The van der Waals surface area contributed by atoms with Gasteiger partial charge in [-0.2, -0.15) is 18.3 Å². The number of aromatic nitrogens is 2. The molecule has 1 aromatic carbocycles. The van der Waals surface area contributed by atoms with Gasteiger partial charge in [0.25, 0.3) is 0 Å². The summed E-state index contributed by atoms with van der Waals surface area (Å²) >= 11 is 0. The Bertz CT molecular complexity index is 570. The standard InChI is InChI=1S/C12H9F3N2O/c1-17-6-9(7-18)11(16-17)8-2-4-10(5-3-8)12(13,14)15/h2-7H,1H3. The minimum absolute atomic E-state index is 0.345. The van der Waals surface area contributed by atoms with Crippen LogP contribution in [0.1, 0.15) is 15.9 Å². The van der Waals surface area contributed by atoms with Crippen molar-refractivity contribution in [2.45, 2.75) is 6.18 Å². The molecule has 0 bridgehead atoms. The van der Waals surface area contributed by atoms with E-state index in [1.54, 1.807) is 7.05 Å². The first-order valence-corrected chi connectivity index (χ1v) is 5.08. The quantitative estimate of drug-likeness (QED) is 0.772. The molecule has 0 saturated heterocycles. The molecule has 0 radical (unpaired) electrons. The fourth-order valence-corrected chi connectivity index (χ4v) is 1.63. The van der Waals surface area contributed by atoms with E-state index in [9.17, 15) is 18.0 Å². The van der Waals surface area contributed by atoms with Crippen LogP contribution in [0.3, 0.4) is 0 Å². The Balaban J connectivity index is 2.43. The van der Waals surface area contributed by atoms with Crippen molar-refractivity contribution in [2.24, 2.45) is 7.05 Å². The van der Waals surface area contributed by atoms with Crippen molar-refractivity contribution in [1.82, 2.24) is 9.78 Å². The van der Waals surface area contributed by atoms with Gasteiger partial charge in [0.2, 0.25) is 0 Å². The van der Waals surface area contributed by atoms with E-state index in [4.69, 9.17) is 0 Å². The number of halogens is 3. The topological polar surface area (TPSA) is 34.9 Å². The summed E-state index contributed by atoms with van der Waals surface area (Å²) in [5, 5.41) is 4.05. The van der Waals surface area contributed by atoms with Gasteiger partial charge in [-0.3, -0.25) is 9.48 Å². The first-order chi connectivity index (χ1) is 8.41. The average molecular weight is 254 g/mol. The number of hydrogen-bond donors (Lipinski definition) is 0. The van der Waals surface area contributed by atoms with Crippen LogP contribution in [0.15, 0.2) is 30.5 Å². The molecule has 0 aliphatic carbocycles. The zero-order valence-corrected chi connectivity index (χ0v) is 9.40. The van der Waals surface area contributed by atoms with Crippen LogP contribution in [-0.2, 0) is 13.2 Å². The molecule has 3 nitrogen and oxygen atoms in total. The highest BCUT2D eigenvalue weighted by molar-refractivity contribution is 5.85. The molecule has 6 heteroatoms. The monoisotopic (exact) mass is 254 g/mol. The minimum atomic E-state index is -4.36. The molecule has 18 heavy (non-hydrogen) atoms. The van der Waals surface area contributed by atoms with Crippen molar-refractivity contribution in [3.63, 3.8) is 0 Å². The number of carbonyl (C=O) groups excluding carboxylic acids is 1. The Morgan fingerprint density at radius 3 is 2.33 bits per heavy atom. The predicted octanol–water partition coefficient (Wildman–Crippen LogP) is 2.92. The van der Waals surface area contributed by atoms with Crippen molar-refractivity contribution >= 4 is 6.29 Å². The molecule has 0 saturated carbocycles. The third-order valence-electron chi connectivity index (χ3n) is 2.47. The summed E-state index contributed by atoms with van der Waals surface area (Å²) in [7, 11) is 1.64. The molecule has 0 fully saturated rings. The van der Waals surface area contributed by atoms with Gasteiger partial charge in [0.15, 0.2) is 6.29 Å². The molecule has 0 aliphatic rings. The molecule has 0 N–H and O–H groups in total. The largest absolute Gasteiger partial charge is 0.416 e. The Morgan fingerprint density at radius 2 is 1.83 bits per heavy atom. The summed E-state index contributed by atoms with van der Waals surface area (Å²) < 4.78 is 38.6. The van der Waals surface area contributed by atoms with Crippen LogP contribution >= 0.6 is 0 Å². The van der Waals surface area contributed by atoms with Gasteiger partial charge >= 0.3 is 6.18 Å². The Kier molecular flexibility index (Phi) is 2.94.